The molecule has 0 saturated carbocycles. The molecule has 112 valence electrons. The average molecular weight is 279 g/mol. The second-order valence-corrected chi connectivity index (χ2v) is 5.78. The van der Waals surface area contributed by atoms with E-state index in [2.05, 4.69) is 16.7 Å². The summed E-state index contributed by atoms with van der Waals surface area (Å²) in [6, 6.07) is 3.41. The van der Waals surface area contributed by atoms with Gasteiger partial charge >= 0.3 is 0 Å². The lowest BCUT2D eigenvalue weighted by molar-refractivity contribution is 0.258. The average Bonchev–Trinajstić information content (AvgIpc) is 2.42. The third kappa shape index (κ3) is 3.30. The van der Waals surface area contributed by atoms with Gasteiger partial charge in [0.15, 0.2) is 0 Å². The van der Waals surface area contributed by atoms with Crippen LogP contribution in [0.5, 0.6) is 0 Å². The fraction of sp³-hybridized carbons (Fsp3) is 0.625. The minimum Gasteiger partial charge on any atom is -0.369 e. The number of aryl methyl sites for hydroxylation is 1. The fourth-order valence-electron chi connectivity index (χ4n) is 2.85. The van der Waals surface area contributed by atoms with Gasteiger partial charge in [0.05, 0.1) is 0 Å². The molecular formula is C16H26FN3. The molecule has 0 bridgehead atoms. The molecule has 0 radical (unpaired) electrons. The zero-order valence-corrected chi connectivity index (χ0v) is 12.8. The van der Waals surface area contributed by atoms with Crippen LogP contribution >= 0.6 is 0 Å². The molecule has 2 N–H and O–H groups in total. The second-order valence-electron chi connectivity index (χ2n) is 5.78. The van der Waals surface area contributed by atoms with E-state index in [1.807, 2.05) is 19.9 Å². The van der Waals surface area contributed by atoms with Crippen molar-refractivity contribution in [2.24, 2.45) is 5.73 Å². The van der Waals surface area contributed by atoms with Gasteiger partial charge in [0, 0.05) is 37.9 Å². The molecule has 2 rings (SSSR count). The number of nitrogens with zero attached hydrogens (tertiary/aromatic N) is 2. The van der Waals surface area contributed by atoms with Crippen LogP contribution in [0, 0.1) is 12.7 Å². The van der Waals surface area contributed by atoms with Crippen LogP contribution in [-0.2, 0) is 0 Å². The number of hydrogen-bond donors (Lipinski definition) is 1. The van der Waals surface area contributed by atoms with Gasteiger partial charge in [0.2, 0.25) is 0 Å². The molecule has 0 aliphatic carbocycles. The predicted octanol–water partition coefficient (Wildman–Crippen LogP) is 2.69. The highest BCUT2D eigenvalue weighted by atomic mass is 19.1. The summed E-state index contributed by atoms with van der Waals surface area (Å²) in [6.07, 6.45) is 1.20. The van der Waals surface area contributed by atoms with Crippen LogP contribution in [0.2, 0.25) is 0 Å². The van der Waals surface area contributed by atoms with E-state index < -0.39 is 0 Å². The quantitative estimate of drug-likeness (QED) is 0.920. The highest BCUT2D eigenvalue weighted by Crippen LogP contribution is 2.29. The Morgan fingerprint density at radius 3 is 2.45 bits per heavy atom. The van der Waals surface area contributed by atoms with Gasteiger partial charge in [-0.1, -0.05) is 6.92 Å². The number of halogens is 1. The molecule has 3 nitrogen and oxygen atoms in total. The van der Waals surface area contributed by atoms with E-state index in [1.54, 1.807) is 6.07 Å². The van der Waals surface area contributed by atoms with E-state index in [1.165, 1.54) is 6.42 Å². The Labute approximate surface area is 121 Å². The van der Waals surface area contributed by atoms with Crippen LogP contribution in [-0.4, -0.2) is 37.6 Å². The zero-order valence-electron chi connectivity index (χ0n) is 12.8. The van der Waals surface area contributed by atoms with Gasteiger partial charge in [-0.05, 0) is 50.1 Å². The van der Waals surface area contributed by atoms with Gasteiger partial charge < -0.3 is 10.6 Å². The van der Waals surface area contributed by atoms with Crippen molar-refractivity contribution in [2.75, 3.05) is 37.6 Å². The first-order valence-electron chi connectivity index (χ1n) is 7.55. The van der Waals surface area contributed by atoms with E-state index in [-0.39, 0.29) is 11.9 Å². The van der Waals surface area contributed by atoms with Gasteiger partial charge in [-0.15, -0.1) is 0 Å². The molecule has 1 aliphatic heterocycles. The van der Waals surface area contributed by atoms with Crippen LogP contribution in [0.3, 0.4) is 0 Å². The normalized spacial score (nSPS) is 18.4. The maximum atomic E-state index is 13.8. The summed E-state index contributed by atoms with van der Waals surface area (Å²) in [7, 11) is 0. The van der Waals surface area contributed by atoms with Crippen LogP contribution in [0.25, 0.3) is 0 Å². The van der Waals surface area contributed by atoms with Crippen molar-refractivity contribution in [3.05, 3.63) is 29.1 Å². The molecule has 1 aliphatic rings. The molecule has 20 heavy (non-hydrogen) atoms. The van der Waals surface area contributed by atoms with Gasteiger partial charge in [-0.3, -0.25) is 4.90 Å². The zero-order chi connectivity index (χ0) is 14.7. The Morgan fingerprint density at radius 2 is 1.90 bits per heavy atom. The van der Waals surface area contributed by atoms with Gasteiger partial charge in [-0.2, -0.15) is 0 Å². The summed E-state index contributed by atoms with van der Waals surface area (Å²) in [4.78, 5) is 4.83. The maximum absolute atomic E-state index is 13.8. The third-order valence-electron chi connectivity index (χ3n) is 4.05. The first-order valence-corrected chi connectivity index (χ1v) is 7.55. The summed E-state index contributed by atoms with van der Waals surface area (Å²) in [5, 5.41) is 0. The Bertz CT molecular complexity index is 451. The number of anilines is 1. The van der Waals surface area contributed by atoms with E-state index in [9.17, 15) is 4.39 Å². The Hall–Kier alpha value is -1.13. The number of piperazine rings is 1. The third-order valence-corrected chi connectivity index (χ3v) is 4.05. The monoisotopic (exact) mass is 279 g/mol. The van der Waals surface area contributed by atoms with Crippen molar-refractivity contribution in [1.82, 2.24) is 4.90 Å². The Kier molecular flexibility index (Phi) is 5.00. The summed E-state index contributed by atoms with van der Waals surface area (Å²) in [6.45, 7) is 11.2. The number of benzene rings is 1. The molecule has 1 heterocycles. The summed E-state index contributed by atoms with van der Waals surface area (Å²) >= 11 is 0. The second kappa shape index (κ2) is 6.55. The highest BCUT2D eigenvalue weighted by Gasteiger charge is 2.21. The standard InChI is InChI=1S/C16H26FN3/c1-4-5-19-6-8-20(9-7-19)16-10-12(2)15(17)11-14(16)13(3)18/h10-11,13H,4-9,18H2,1-3H3. The molecule has 1 saturated heterocycles. The van der Waals surface area contributed by atoms with E-state index in [4.69, 9.17) is 5.73 Å². The van der Waals surface area contributed by atoms with Crippen molar-refractivity contribution < 1.29 is 4.39 Å². The van der Waals surface area contributed by atoms with Crippen LogP contribution < -0.4 is 10.6 Å². The molecule has 1 aromatic carbocycles. The molecule has 4 heteroatoms. The molecular weight excluding hydrogens is 253 g/mol. The van der Waals surface area contributed by atoms with Gasteiger partial charge in [0.1, 0.15) is 5.82 Å². The molecule has 1 atom stereocenters. The van der Waals surface area contributed by atoms with Gasteiger partial charge in [-0.25, -0.2) is 4.39 Å². The summed E-state index contributed by atoms with van der Waals surface area (Å²) < 4.78 is 13.8. The summed E-state index contributed by atoms with van der Waals surface area (Å²) in [5.74, 6) is -0.161. The Balaban J connectivity index is 2.18. The SMILES string of the molecule is CCCN1CCN(c2cc(C)c(F)cc2C(C)N)CC1. The van der Waals surface area contributed by atoms with Crippen molar-refractivity contribution >= 4 is 5.69 Å². The topological polar surface area (TPSA) is 32.5 Å². The van der Waals surface area contributed by atoms with Gasteiger partial charge in [0.25, 0.3) is 0 Å². The van der Waals surface area contributed by atoms with Crippen molar-refractivity contribution in [3.8, 4) is 0 Å². The molecule has 0 amide bonds. The van der Waals surface area contributed by atoms with E-state index in [0.717, 1.165) is 44.0 Å². The number of nitrogens with two attached hydrogens (primary N) is 1. The van der Waals surface area contributed by atoms with Crippen LogP contribution in [0.4, 0.5) is 10.1 Å². The minimum absolute atomic E-state index is 0.145. The lowest BCUT2D eigenvalue weighted by atomic mass is 10.0. The lowest BCUT2D eigenvalue weighted by Gasteiger charge is -2.37. The fourth-order valence-corrected chi connectivity index (χ4v) is 2.85. The number of hydrogen-bond acceptors (Lipinski definition) is 3. The predicted molar refractivity (Wildman–Crippen MR) is 82.7 cm³/mol. The Morgan fingerprint density at radius 1 is 1.25 bits per heavy atom. The van der Waals surface area contributed by atoms with E-state index in [0.29, 0.717) is 5.56 Å². The molecule has 1 aromatic rings. The van der Waals surface area contributed by atoms with Crippen molar-refractivity contribution in [1.29, 1.82) is 0 Å². The smallest absolute Gasteiger partial charge is 0.126 e. The molecule has 1 unspecified atom stereocenters. The first kappa shape index (κ1) is 15.3. The summed E-state index contributed by atoms with van der Waals surface area (Å²) in [5.41, 5.74) is 8.73. The van der Waals surface area contributed by atoms with Crippen LogP contribution in [0.1, 0.15) is 37.4 Å². The largest absolute Gasteiger partial charge is 0.369 e. The first-order chi connectivity index (χ1) is 9.52. The molecule has 0 aromatic heterocycles. The van der Waals surface area contributed by atoms with Crippen molar-refractivity contribution in [2.45, 2.75) is 33.2 Å². The lowest BCUT2D eigenvalue weighted by Crippen LogP contribution is -2.47. The van der Waals surface area contributed by atoms with E-state index >= 15 is 0 Å². The molecule has 0 spiro atoms. The van der Waals surface area contributed by atoms with Crippen molar-refractivity contribution in [3.63, 3.8) is 0 Å². The molecule has 1 fully saturated rings. The highest BCUT2D eigenvalue weighted by molar-refractivity contribution is 5.57. The minimum atomic E-state index is -0.161. The number of rotatable bonds is 4. The maximum Gasteiger partial charge on any atom is 0.126 e. The van der Waals surface area contributed by atoms with Crippen LogP contribution in [0.15, 0.2) is 12.1 Å².